The normalized spacial score (nSPS) is 16.9. The number of rotatable bonds is 2. The molecule has 3 heteroatoms. The van der Waals surface area contributed by atoms with E-state index in [1.54, 1.807) is 0 Å². The molecular weight excluding hydrogens is 272 g/mol. The molecule has 2 aromatic rings. The number of halogens is 1. The summed E-state index contributed by atoms with van der Waals surface area (Å²) in [7, 11) is 0. The lowest BCUT2D eigenvalue weighted by molar-refractivity contribution is -0.135. The average molecular weight is 287 g/mol. The second kappa shape index (κ2) is 5.37. The van der Waals surface area contributed by atoms with Gasteiger partial charge in [0.15, 0.2) is 0 Å². The summed E-state index contributed by atoms with van der Waals surface area (Å²) in [6.45, 7) is 0. The molecule has 0 spiro atoms. The fourth-order valence-electron chi connectivity index (χ4n) is 2.85. The van der Waals surface area contributed by atoms with Crippen molar-refractivity contribution in [1.29, 1.82) is 0 Å². The third-order valence-electron chi connectivity index (χ3n) is 3.96. The second-order valence-electron chi connectivity index (χ2n) is 5.34. The highest BCUT2D eigenvalue weighted by molar-refractivity contribution is 6.35. The molecule has 1 aliphatic rings. The maximum absolute atomic E-state index is 11.9. The molecule has 0 saturated heterocycles. The van der Waals surface area contributed by atoms with Crippen LogP contribution in [0.15, 0.2) is 36.4 Å². The molecule has 2 nitrogen and oxygen atoms in total. The summed E-state index contributed by atoms with van der Waals surface area (Å²) < 4.78 is 0. The van der Waals surface area contributed by atoms with Gasteiger partial charge in [0.05, 0.1) is 5.92 Å². The fourth-order valence-corrected chi connectivity index (χ4v) is 3.09. The largest absolute Gasteiger partial charge is 0.299 e. The Balaban J connectivity index is 1.91. The topological polar surface area (TPSA) is 34.1 Å². The second-order valence-corrected chi connectivity index (χ2v) is 5.75. The van der Waals surface area contributed by atoms with Gasteiger partial charge in [0.1, 0.15) is 11.6 Å². The van der Waals surface area contributed by atoms with E-state index in [0.29, 0.717) is 25.7 Å². The van der Waals surface area contributed by atoms with Crippen molar-refractivity contribution in [2.24, 2.45) is 5.92 Å². The zero-order valence-electron chi connectivity index (χ0n) is 11.1. The van der Waals surface area contributed by atoms with Gasteiger partial charge in [-0.1, -0.05) is 41.9 Å². The SMILES string of the molecule is O=C1CCCC(=O)C1Cc1ccc2c(Cl)cccc2c1. The maximum Gasteiger partial charge on any atom is 0.143 e. The van der Waals surface area contributed by atoms with E-state index >= 15 is 0 Å². The van der Waals surface area contributed by atoms with Crippen molar-refractivity contribution in [1.82, 2.24) is 0 Å². The highest BCUT2D eigenvalue weighted by Gasteiger charge is 2.29. The lowest BCUT2D eigenvalue weighted by Crippen LogP contribution is -2.30. The zero-order valence-corrected chi connectivity index (χ0v) is 11.8. The van der Waals surface area contributed by atoms with Crippen LogP contribution < -0.4 is 0 Å². The number of Topliss-reactive ketones (excluding diaryl/α,β-unsaturated/α-hetero) is 2. The van der Waals surface area contributed by atoms with E-state index in [9.17, 15) is 9.59 Å². The van der Waals surface area contributed by atoms with Crippen molar-refractivity contribution in [3.05, 3.63) is 47.0 Å². The fraction of sp³-hybridized carbons (Fsp3) is 0.294. The number of hydrogen-bond donors (Lipinski definition) is 0. The molecule has 0 aromatic heterocycles. The highest BCUT2D eigenvalue weighted by Crippen LogP contribution is 2.27. The zero-order chi connectivity index (χ0) is 14.1. The van der Waals surface area contributed by atoms with Crippen molar-refractivity contribution in [2.45, 2.75) is 25.7 Å². The highest BCUT2D eigenvalue weighted by atomic mass is 35.5. The first kappa shape index (κ1) is 13.3. The quantitative estimate of drug-likeness (QED) is 0.783. The van der Waals surface area contributed by atoms with E-state index in [1.807, 2.05) is 36.4 Å². The van der Waals surface area contributed by atoms with Crippen molar-refractivity contribution in [3.63, 3.8) is 0 Å². The van der Waals surface area contributed by atoms with Crippen molar-refractivity contribution in [2.75, 3.05) is 0 Å². The number of benzene rings is 2. The lowest BCUT2D eigenvalue weighted by atomic mass is 9.82. The smallest absolute Gasteiger partial charge is 0.143 e. The van der Waals surface area contributed by atoms with Gasteiger partial charge >= 0.3 is 0 Å². The molecule has 102 valence electrons. The molecule has 0 radical (unpaired) electrons. The van der Waals surface area contributed by atoms with Crippen LogP contribution >= 0.6 is 11.6 Å². The summed E-state index contributed by atoms with van der Waals surface area (Å²) in [5.41, 5.74) is 1.02. The minimum absolute atomic E-state index is 0.0902. The molecular formula is C17H15ClO2. The van der Waals surface area contributed by atoms with E-state index in [0.717, 1.165) is 21.4 Å². The summed E-state index contributed by atoms with van der Waals surface area (Å²) in [5.74, 6) is -0.264. The van der Waals surface area contributed by atoms with Gasteiger partial charge in [0, 0.05) is 23.3 Å². The van der Waals surface area contributed by atoms with Gasteiger partial charge in [-0.15, -0.1) is 0 Å². The molecule has 1 aliphatic carbocycles. The maximum atomic E-state index is 11.9. The lowest BCUT2D eigenvalue weighted by Gasteiger charge is -2.19. The van der Waals surface area contributed by atoms with Crippen LogP contribution in [0.5, 0.6) is 0 Å². The number of fused-ring (bicyclic) bond motifs is 1. The Hall–Kier alpha value is -1.67. The van der Waals surface area contributed by atoms with Crippen LogP contribution in [0.4, 0.5) is 0 Å². The molecule has 0 unspecified atom stereocenters. The summed E-state index contributed by atoms with van der Waals surface area (Å²) >= 11 is 6.14. The van der Waals surface area contributed by atoms with Gasteiger partial charge in [-0.05, 0) is 29.9 Å². The Kier molecular flexibility index (Phi) is 3.58. The summed E-state index contributed by atoms with van der Waals surface area (Å²) in [6.07, 6.45) is 2.30. The summed E-state index contributed by atoms with van der Waals surface area (Å²) in [6, 6.07) is 11.7. The van der Waals surface area contributed by atoms with Gasteiger partial charge in [-0.25, -0.2) is 0 Å². The van der Waals surface area contributed by atoms with Crippen LogP contribution in [0, 0.1) is 5.92 Å². The molecule has 2 aromatic carbocycles. The molecule has 20 heavy (non-hydrogen) atoms. The summed E-state index contributed by atoms with van der Waals surface area (Å²) in [4.78, 5) is 23.8. The monoisotopic (exact) mass is 286 g/mol. The predicted octanol–water partition coefficient (Wildman–Crippen LogP) is 3.97. The van der Waals surface area contributed by atoms with E-state index in [2.05, 4.69) is 0 Å². The van der Waals surface area contributed by atoms with Gasteiger partial charge in [0.2, 0.25) is 0 Å². The van der Waals surface area contributed by atoms with Crippen molar-refractivity contribution >= 4 is 33.9 Å². The first-order valence-electron chi connectivity index (χ1n) is 6.88. The van der Waals surface area contributed by atoms with Crippen LogP contribution in [0.1, 0.15) is 24.8 Å². The number of ketones is 2. The van der Waals surface area contributed by atoms with E-state index in [-0.39, 0.29) is 11.6 Å². The molecule has 0 atom stereocenters. The number of carbonyl (C=O) groups is 2. The van der Waals surface area contributed by atoms with E-state index in [4.69, 9.17) is 11.6 Å². The Labute approximate surface area is 122 Å². The Morgan fingerprint density at radius 3 is 2.55 bits per heavy atom. The van der Waals surface area contributed by atoms with Gasteiger partial charge in [0.25, 0.3) is 0 Å². The first-order valence-corrected chi connectivity index (χ1v) is 7.25. The molecule has 3 rings (SSSR count). The molecule has 0 amide bonds. The van der Waals surface area contributed by atoms with Gasteiger partial charge in [-0.3, -0.25) is 9.59 Å². The van der Waals surface area contributed by atoms with Gasteiger partial charge < -0.3 is 0 Å². The van der Waals surface area contributed by atoms with Crippen LogP contribution in [-0.4, -0.2) is 11.6 Å². The van der Waals surface area contributed by atoms with E-state index < -0.39 is 5.92 Å². The molecule has 0 aliphatic heterocycles. The minimum Gasteiger partial charge on any atom is -0.299 e. The predicted molar refractivity (Wildman–Crippen MR) is 80.0 cm³/mol. The number of hydrogen-bond acceptors (Lipinski definition) is 2. The summed E-state index contributed by atoms with van der Waals surface area (Å²) in [5, 5.41) is 2.77. The average Bonchev–Trinajstić information content (AvgIpc) is 2.43. The minimum atomic E-state index is -0.444. The van der Waals surface area contributed by atoms with Crippen molar-refractivity contribution < 1.29 is 9.59 Å². The molecule has 0 heterocycles. The van der Waals surface area contributed by atoms with Crippen LogP contribution in [0.25, 0.3) is 10.8 Å². The molecule has 0 N–H and O–H groups in total. The Bertz CT molecular complexity index is 674. The third-order valence-corrected chi connectivity index (χ3v) is 4.28. The Morgan fingerprint density at radius 2 is 1.80 bits per heavy atom. The molecule has 1 fully saturated rings. The van der Waals surface area contributed by atoms with Crippen LogP contribution in [0.3, 0.4) is 0 Å². The third kappa shape index (κ3) is 2.48. The van der Waals surface area contributed by atoms with Gasteiger partial charge in [-0.2, -0.15) is 0 Å². The Morgan fingerprint density at radius 1 is 1.05 bits per heavy atom. The van der Waals surface area contributed by atoms with E-state index in [1.165, 1.54) is 0 Å². The van der Waals surface area contributed by atoms with Crippen molar-refractivity contribution in [3.8, 4) is 0 Å². The first-order chi connectivity index (χ1) is 9.65. The molecule has 0 bridgehead atoms. The number of carbonyl (C=O) groups excluding carboxylic acids is 2. The molecule has 1 saturated carbocycles. The van der Waals surface area contributed by atoms with Crippen LogP contribution in [-0.2, 0) is 16.0 Å². The van der Waals surface area contributed by atoms with Crippen LogP contribution in [0.2, 0.25) is 5.02 Å². The standard InChI is InChI=1S/C17H15ClO2/c18-15-4-1-3-12-9-11(7-8-13(12)15)10-14-16(19)5-2-6-17(14)20/h1,3-4,7-9,14H,2,5-6,10H2.